The number of amides is 8. The van der Waals surface area contributed by atoms with E-state index in [0.717, 1.165) is 17.1 Å². The van der Waals surface area contributed by atoms with E-state index in [1.807, 2.05) is 0 Å². The largest absolute Gasteiger partial charge is 0.460 e. The average molecular weight is 808 g/mol. The minimum atomic E-state index is -4.80. The van der Waals surface area contributed by atoms with Crippen LogP contribution in [-0.2, 0) is 55.0 Å². The summed E-state index contributed by atoms with van der Waals surface area (Å²) < 4.78 is 38.4. The van der Waals surface area contributed by atoms with E-state index in [4.69, 9.17) is 10.5 Å². The Morgan fingerprint density at radius 1 is 0.839 bits per heavy atom. The van der Waals surface area contributed by atoms with Crippen molar-refractivity contribution in [3.8, 4) is 0 Å². The standard InChI is InChI=1S/C36H53N7O12S/c1-22(2)30(42-32(48)26(21-56(52,53)54)40-27(44)11-7-6-8-19-43-28(45)16-17-29(43)46)33(49)41-25(10-9-18-38-35(37)51)31(47)39-24-14-12-23(13-15-24)20-55-34(50)36(3,4)5/h12-17,22,25-26,30H,6-11,18-21H2,1-5H3,(H,39,47)(H,40,44)(H,41,49)(H,42,48)(H3,37,38,51)(H,52,53,54)/t25-,26?,30?/m0/s1. The molecule has 0 bridgehead atoms. The van der Waals surface area contributed by atoms with Gasteiger partial charge in [0, 0.05) is 37.3 Å². The summed E-state index contributed by atoms with van der Waals surface area (Å²) in [5.41, 5.74) is 5.46. The van der Waals surface area contributed by atoms with Crippen molar-refractivity contribution in [3.05, 3.63) is 42.0 Å². The maximum Gasteiger partial charge on any atom is 0.312 e. The van der Waals surface area contributed by atoms with Gasteiger partial charge in [0.2, 0.25) is 23.6 Å². The van der Waals surface area contributed by atoms with Crippen LogP contribution in [0.2, 0.25) is 0 Å². The third-order valence-corrected chi connectivity index (χ3v) is 9.02. The second kappa shape index (κ2) is 21.6. The van der Waals surface area contributed by atoms with Crippen LogP contribution in [0.5, 0.6) is 0 Å². The van der Waals surface area contributed by atoms with Crippen LogP contribution in [0.1, 0.15) is 78.7 Å². The number of carbonyl (C=O) groups is 8. The molecule has 0 radical (unpaired) electrons. The van der Waals surface area contributed by atoms with E-state index < -0.39 is 86.8 Å². The first-order valence-corrected chi connectivity index (χ1v) is 19.7. The summed E-state index contributed by atoms with van der Waals surface area (Å²) in [6.45, 7) is 8.57. The summed E-state index contributed by atoms with van der Waals surface area (Å²) in [4.78, 5) is 101. The Balaban J connectivity index is 2.09. The van der Waals surface area contributed by atoms with Crippen LogP contribution >= 0.6 is 0 Å². The minimum Gasteiger partial charge on any atom is -0.460 e. The van der Waals surface area contributed by atoms with Crippen LogP contribution in [0.25, 0.3) is 0 Å². The summed E-state index contributed by atoms with van der Waals surface area (Å²) in [7, 11) is -4.80. The smallest absolute Gasteiger partial charge is 0.312 e. The van der Waals surface area contributed by atoms with Gasteiger partial charge in [0.05, 0.1) is 5.41 Å². The predicted molar refractivity (Wildman–Crippen MR) is 203 cm³/mol. The van der Waals surface area contributed by atoms with Gasteiger partial charge < -0.3 is 37.1 Å². The molecule has 20 heteroatoms. The Hall–Kier alpha value is -5.37. The maximum absolute atomic E-state index is 13.6. The molecule has 0 aliphatic carbocycles. The highest BCUT2D eigenvalue weighted by atomic mass is 32.2. The average Bonchev–Trinajstić information content (AvgIpc) is 3.41. The summed E-state index contributed by atoms with van der Waals surface area (Å²) in [6.07, 6.45) is 3.46. The highest BCUT2D eigenvalue weighted by Crippen LogP contribution is 2.18. The summed E-state index contributed by atoms with van der Waals surface area (Å²) >= 11 is 0. The lowest BCUT2D eigenvalue weighted by molar-refractivity contribution is -0.154. The first kappa shape index (κ1) is 46.8. The monoisotopic (exact) mass is 807 g/mol. The molecule has 1 aliphatic heterocycles. The van der Waals surface area contributed by atoms with Gasteiger partial charge in [-0.2, -0.15) is 8.42 Å². The quantitative estimate of drug-likeness (QED) is 0.0368. The number of rotatable bonds is 22. The minimum absolute atomic E-state index is 0.0122. The summed E-state index contributed by atoms with van der Waals surface area (Å²) in [5, 5.41) is 12.4. The van der Waals surface area contributed by atoms with Crippen molar-refractivity contribution < 1.29 is 56.1 Å². The molecule has 0 spiro atoms. The molecule has 310 valence electrons. The van der Waals surface area contributed by atoms with Gasteiger partial charge in [0.1, 0.15) is 30.5 Å². The van der Waals surface area contributed by atoms with E-state index in [-0.39, 0.29) is 51.3 Å². The molecule has 56 heavy (non-hydrogen) atoms. The third kappa shape index (κ3) is 17.0. The van der Waals surface area contributed by atoms with E-state index in [2.05, 4.69) is 26.6 Å². The first-order valence-electron chi connectivity index (χ1n) is 18.1. The fourth-order valence-electron chi connectivity index (χ4n) is 5.16. The van der Waals surface area contributed by atoms with Gasteiger partial charge in [-0.25, -0.2) is 4.79 Å². The Kier molecular flexibility index (Phi) is 18.1. The number of carbonyl (C=O) groups excluding carboxylic acids is 8. The molecule has 0 aromatic heterocycles. The molecule has 1 aliphatic rings. The van der Waals surface area contributed by atoms with Crippen molar-refractivity contribution in [1.82, 2.24) is 26.2 Å². The predicted octanol–water partition coefficient (Wildman–Crippen LogP) is 0.647. The molecule has 0 saturated carbocycles. The van der Waals surface area contributed by atoms with Gasteiger partial charge in [0.25, 0.3) is 21.9 Å². The fraction of sp³-hybridized carbons (Fsp3) is 0.556. The van der Waals surface area contributed by atoms with Gasteiger partial charge in [-0.1, -0.05) is 32.4 Å². The van der Waals surface area contributed by atoms with Crippen molar-refractivity contribution in [2.75, 3.05) is 24.2 Å². The van der Waals surface area contributed by atoms with Crippen LogP contribution in [0, 0.1) is 11.3 Å². The highest BCUT2D eigenvalue weighted by Gasteiger charge is 2.33. The number of primary amides is 1. The lowest BCUT2D eigenvalue weighted by atomic mass is 9.97. The normalized spacial score (nSPS) is 14.4. The second-order valence-electron chi connectivity index (χ2n) is 14.6. The molecule has 0 saturated heterocycles. The molecule has 19 nitrogen and oxygen atoms in total. The Labute approximate surface area is 326 Å². The summed E-state index contributed by atoms with van der Waals surface area (Å²) in [6, 6.07) is 1.30. The SMILES string of the molecule is CC(C)C(NC(=O)C(CS(=O)(=O)O)NC(=O)CCCCCN1C(=O)C=CC1=O)C(=O)N[C@@H](CCCNC(N)=O)C(=O)Nc1ccc(COC(=O)C(C)(C)C)cc1. The van der Waals surface area contributed by atoms with E-state index in [1.165, 1.54) is 0 Å². The number of urea groups is 1. The van der Waals surface area contributed by atoms with Crippen LogP contribution in [-0.4, -0.2) is 102 Å². The number of hydrogen-bond donors (Lipinski definition) is 7. The molecule has 3 atom stereocenters. The third-order valence-electron chi connectivity index (χ3n) is 8.27. The van der Waals surface area contributed by atoms with E-state index in [1.54, 1.807) is 58.9 Å². The van der Waals surface area contributed by atoms with E-state index in [9.17, 15) is 51.3 Å². The molecular formula is C36H53N7O12S. The number of hydrogen-bond acceptors (Lipinski definition) is 11. The number of unbranched alkanes of at least 4 members (excludes halogenated alkanes) is 2. The van der Waals surface area contributed by atoms with Crippen LogP contribution in [0.3, 0.4) is 0 Å². The van der Waals surface area contributed by atoms with Gasteiger partial charge in [-0.3, -0.25) is 43.0 Å². The number of nitrogens with two attached hydrogens (primary N) is 1. The lowest BCUT2D eigenvalue weighted by Crippen LogP contribution is -2.59. The number of nitrogens with one attached hydrogen (secondary N) is 5. The molecule has 2 rings (SSSR count). The Bertz CT molecular complexity index is 1720. The Morgan fingerprint density at radius 2 is 1.46 bits per heavy atom. The summed E-state index contributed by atoms with van der Waals surface area (Å²) in [5.74, 6) is -6.36. The van der Waals surface area contributed by atoms with Gasteiger partial charge in [0.15, 0.2) is 0 Å². The van der Waals surface area contributed by atoms with Crippen molar-refractivity contribution in [3.63, 3.8) is 0 Å². The highest BCUT2D eigenvalue weighted by molar-refractivity contribution is 7.85. The number of benzene rings is 1. The zero-order valence-electron chi connectivity index (χ0n) is 32.2. The topological polar surface area (TPSA) is 290 Å². The van der Waals surface area contributed by atoms with Gasteiger partial charge in [-0.05, 0) is 70.1 Å². The van der Waals surface area contributed by atoms with E-state index in [0.29, 0.717) is 24.1 Å². The number of ether oxygens (including phenoxy) is 1. The van der Waals surface area contributed by atoms with Crippen molar-refractivity contribution in [2.45, 2.75) is 97.9 Å². The number of esters is 1. The fourth-order valence-corrected chi connectivity index (χ4v) is 5.82. The first-order chi connectivity index (χ1) is 26.1. The number of imide groups is 1. The van der Waals surface area contributed by atoms with Gasteiger partial charge in [-0.15, -0.1) is 0 Å². The molecule has 1 aromatic rings. The van der Waals surface area contributed by atoms with Crippen LogP contribution in [0.15, 0.2) is 36.4 Å². The van der Waals surface area contributed by atoms with E-state index >= 15 is 0 Å². The van der Waals surface area contributed by atoms with Crippen molar-refractivity contribution >= 4 is 63.2 Å². The van der Waals surface area contributed by atoms with Crippen LogP contribution < -0.4 is 32.3 Å². The Morgan fingerprint density at radius 3 is 2.02 bits per heavy atom. The molecule has 2 unspecified atom stereocenters. The zero-order chi connectivity index (χ0) is 42.2. The zero-order valence-corrected chi connectivity index (χ0v) is 33.0. The second-order valence-corrected chi connectivity index (χ2v) is 16.1. The molecule has 1 aromatic carbocycles. The number of anilines is 1. The maximum atomic E-state index is 13.6. The lowest BCUT2D eigenvalue weighted by Gasteiger charge is -2.27. The molecule has 8 amide bonds. The van der Waals surface area contributed by atoms with Gasteiger partial charge >= 0.3 is 12.0 Å². The molecule has 1 heterocycles. The van der Waals surface area contributed by atoms with Crippen molar-refractivity contribution in [1.29, 1.82) is 0 Å². The molecule has 8 N–H and O–H groups in total. The van der Waals surface area contributed by atoms with Crippen LogP contribution in [0.4, 0.5) is 10.5 Å². The molecule has 0 fully saturated rings. The molecular weight excluding hydrogens is 754 g/mol. The van der Waals surface area contributed by atoms with Crippen molar-refractivity contribution in [2.24, 2.45) is 17.1 Å². The number of nitrogens with zero attached hydrogens (tertiary/aromatic N) is 1.